The molecule has 6 heteroatoms. The van der Waals surface area contributed by atoms with Gasteiger partial charge in [-0.05, 0) is 42.3 Å². The summed E-state index contributed by atoms with van der Waals surface area (Å²) >= 11 is 0. The van der Waals surface area contributed by atoms with Crippen molar-refractivity contribution >= 4 is 11.6 Å². The highest BCUT2D eigenvalue weighted by atomic mass is 16.5. The number of rotatable bonds is 4. The quantitative estimate of drug-likeness (QED) is 0.856. The molecular formula is C19H24N4O2. The molecule has 132 valence electrons. The largest absolute Gasteiger partial charge is 0.497 e. The number of carbonyl (C=O) groups is 1. The lowest BCUT2D eigenvalue weighted by Gasteiger charge is -2.36. The van der Waals surface area contributed by atoms with Gasteiger partial charge < -0.3 is 14.5 Å². The van der Waals surface area contributed by atoms with E-state index < -0.39 is 0 Å². The van der Waals surface area contributed by atoms with Crippen molar-refractivity contribution in [1.29, 1.82) is 0 Å². The van der Waals surface area contributed by atoms with Gasteiger partial charge in [0.05, 0.1) is 12.8 Å². The van der Waals surface area contributed by atoms with Crippen LogP contribution in [0.2, 0.25) is 0 Å². The fraction of sp³-hybridized carbons (Fsp3) is 0.421. The standard InChI is InChI=1S/C19H24N4O2/c1-14(2)17-8-9-18(21-20-17)19(24)23-12-10-22(11-13-23)15-4-6-16(25-3)7-5-15/h4-9,14H,10-13H2,1-3H3. The van der Waals surface area contributed by atoms with Crippen LogP contribution >= 0.6 is 0 Å². The van der Waals surface area contributed by atoms with Crippen LogP contribution < -0.4 is 9.64 Å². The lowest BCUT2D eigenvalue weighted by atomic mass is 10.1. The zero-order chi connectivity index (χ0) is 17.8. The summed E-state index contributed by atoms with van der Waals surface area (Å²) in [5.41, 5.74) is 2.47. The second kappa shape index (κ2) is 7.51. The third kappa shape index (κ3) is 3.90. The SMILES string of the molecule is COc1ccc(N2CCN(C(=O)c3ccc(C(C)C)nn3)CC2)cc1. The molecule has 0 saturated carbocycles. The molecule has 0 bridgehead atoms. The van der Waals surface area contributed by atoms with Gasteiger partial charge >= 0.3 is 0 Å². The first kappa shape index (κ1) is 17.2. The Morgan fingerprint density at radius 3 is 2.20 bits per heavy atom. The van der Waals surface area contributed by atoms with E-state index in [0.717, 1.165) is 30.2 Å². The summed E-state index contributed by atoms with van der Waals surface area (Å²) in [6.07, 6.45) is 0. The van der Waals surface area contributed by atoms with Crippen molar-refractivity contribution in [3.05, 3.63) is 47.8 Å². The number of ether oxygens (including phenoxy) is 1. The predicted octanol–water partition coefficient (Wildman–Crippen LogP) is 2.57. The summed E-state index contributed by atoms with van der Waals surface area (Å²) in [6.45, 7) is 7.08. The minimum atomic E-state index is -0.0443. The van der Waals surface area contributed by atoms with Crippen LogP contribution in [0.5, 0.6) is 5.75 Å². The van der Waals surface area contributed by atoms with E-state index in [-0.39, 0.29) is 5.91 Å². The van der Waals surface area contributed by atoms with E-state index in [2.05, 4.69) is 28.9 Å². The number of benzene rings is 1. The predicted molar refractivity (Wildman–Crippen MR) is 97.2 cm³/mol. The maximum atomic E-state index is 12.6. The van der Waals surface area contributed by atoms with Crippen LogP contribution in [0.15, 0.2) is 36.4 Å². The van der Waals surface area contributed by atoms with Gasteiger partial charge in [0.15, 0.2) is 5.69 Å². The highest BCUT2D eigenvalue weighted by Crippen LogP contribution is 2.21. The molecule has 0 unspecified atom stereocenters. The van der Waals surface area contributed by atoms with Gasteiger partial charge in [-0.15, -0.1) is 5.10 Å². The fourth-order valence-corrected chi connectivity index (χ4v) is 2.89. The number of methoxy groups -OCH3 is 1. The molecule has 1 aromatic heterocycles. The van der Waals surface area contributed by atoms with Gasteiger partial charge in [-0.25, -0.2) is 0 Å². The number of aromatic nitrogens is 2. The van der Waals surface area contributed by atoms with Crippen molar-refractivity contribution in [3.63, 3.8) is 0 Å². The summed E-state index contributed by atoms with van der Waals surface area (Å²) in [5.74, 6) is 1.11. The van der Waals surface area contributed by atoms with Crippen molar-refractivity contribution in [1.82, 2.24) is 15.1 Å². The van der Waals surface area contributed by atoms with Crippen LogP contribution in [0.1, 0.15) is 35.9 Å². The molecule has 2 aromatic rings. The fourth-order valence-electron chi connectivity index (χ4n) is 2.89. The summed E-state index contributed by atoms with van der Waals surface area (Å²) in [4.78, 5) is 16.7. The molecule has 0 N–H and O–H groups in total. The first-order valence-electron chi connectivity index (χ1n) is 8.60. The number of hydrogen-bond donors (Lipinski definition) is 0. The number of carbonyl (C=O) groups excluding carboxylic acids is 1. The summed E-state index contributed by atoms with van der Waals surface area (Å²) < 4.78 is 5.19. The molecule has 1 aliphatic heterocycles. The topological polar surface area (TPSA) is 58.6 Å². The maximum Gasteiger partial charge on any atom is 0.274 e. The molecule has 1 fully saturated rings. The number of anilines is 1. The van der Waals surface area contributed by atoms with Crippen molar-refractivity contribution < 1.29 is 9.53 Å². The first-order valence-corrected chi connectivity index (χ1v) is 8.60. The third-order valence-corrected chi connectivity index (χ3v) is 4.50. The molecule has 3 rings (SSSR count). The van der Waals surface area contributed by atoms with Gasteiger partial charge in [-0.1, -0.05) is 13.8 Å². The average molecular weight is 340 g/mol. The first-order chi connectivity index (χ1) is 12.1. The molecule has 1 saturated heterocycles. The lowest BCUT2D eigenvalue weighted by molar-refractivity contribution is 0.0739. The second-order valence-corrected chi connectivity index (χ2v) is 6.48. The molecule has 0 aliphatic carbocycles. The van der Waals surface area contributed by atoms with Crippen LogP contribution in [0.4, 0.5) is 5.69 Å². The average Bonchev–Trinajstić information content (AvgIpc) is 2.67. The Kier molecular flexibility index (Phi) is 5.16. The molecule has 1 aliphatic rings. The van der Waals surface area contributed by atoms with Crippen LogP contribution in [-0.2, 0) is 0 Å². The Labute approximate surface area is 148 Å². The monoisotopic (exact) mass is 340 g/mol. The van der Waals surface area contributed by atoms with Gasteiger partial charge in [0.1, 0.15) is 5.75 Å². The molecule has 1 aromatic carbocycles. The van der Waals surface area contributed by atoms with Crippen molar-refractivity contribution in [2.24, 2.45) is 0 Å². The van der Waals surface area contributed by atoms with Crippen LogP contribution in [0.25, 0.3) is 0 Å². The minimum absolute atomic E-state index is 0.0443. The molecule has 0 spiro atoms. The second-order valence-electron chi connectivity index (χ2n) is 6.48. The van der Waals surface area contributed by atoms with Gasteiger partial charge in [0.2, 0.25) is 0 Å². The van der Waals surface area contributed by atoms with Crippen LogP contribution in [0.3, 0.4) is 0 Å². The molecule has 1 amide bonds. The van der Waals surface area contributed by atoms with E-state index in [0.29, 0.717) is 24.7 Å². The summed E-state index contributed by atoms with van der Waals surface area (Å²) in [5, 5.41) is 8.26. The maximum absolute atomic E-state index is 12.6. The third-order valence-electron chi connectivity index (χ3n) is 4.50. The number of amides is 1. The van der Waals surface area contributed by atoms with E-state index in [4.69, 9.17) is 4.74 Å². The van der Waals surface area contributed by atoms with Crippen LogP contribution in [-0.4, -0.2) is 54.3 Å². The van der Waals surface area contributed by atoms with E-state index in [1.54, 1.807) is 13.2 Å². The van der Waals surface area contributed by atoms with Gasteiger partial charge in [-0.3, -0.25) is 4.79 Å². The van der Waals surface area contributed by atoms with Crippen molar-refractivity contribution in [3.8, 4) is 5.75 Å². The van der Waals surface area contributed by atoms with Gasteiger partial charge in [0, 0.05) is 31.9 Å². The van der Waals surface area contributed by atoms with E-state index in [1.807, 2.05) is 35.2 Å². The minimum Gasteiger partial charge on any atom is -0.497 e. The smallest absolute Gasteiger partial charge is 0.274 e. The van der Waals surface area contributed by atoms with E-state index >= 15 is 0 Å². The van der Waals surface area contributed by atoms with Crippen molar-refractivity contribution in [2.45, 2.75) is 19.8 Å². The normalized spacial score (nSPS) is 14.7. The Hall–Kier alpha value is -2.63. The summed E-state index contributed by atoms with van der Waals surface area (Å²) in [7, 11) is 1.66. The van der Waals surface area contributed by atoms with Crippen LogP contribution in [0, 0.1) is 0 Å². The lowest BCUT2D eigenvalue weighted by Crippen LogP contribution is -2.49. The van der Waals surface area contributed by atoms with Gasteiger partial charge in [-0.2, -0.15) is 5.10 Å². The Bertz CT molecular complexity index is 705. The number of nitrogens with zero attached hydrogens (tertiary/aromatic N) is 4. The zero-order valence-corrected chi connectivity index (χ0v) is 15.0. The van der Waals surface area contributed by atoms with E-state index in [9.17, 15) is 4.79 Å². The Morgan fingerprint density at radius 2 is 1.68 bits per heavy atom. The highest BCUT2D eigenvalue weighted by molar-refractivity contribution is 5.92. The molecule has 25 heavy (non-hydrogen) atoms. The summed E-state index contributed by atoms with van der Waals surface area (Å²) in [6, 6.07) is 11.7. The Morgan fingerprint density at radius 1 is 1.00 bits per heavy atom. The Balaban J connectivity index is 1.60. The number of hydrogen-bond acceptors (Lipinski definition) is 5. The molecular weight excluding hydrogens is 316 g/mol. The molecule has 0 atom stereocenters. The van der Waals surface area contributed by atoms with Gasteiger partial charge in [0.25, 0.3) is 5.91 Å². The molecule has 2 heterocycles. The highest BCUT2D eigenvalue weighted by Gasteiger charge is 2.23. The van der Waals surface area contributed by atoms with Crippen molar-refractivity contribution in [2.75, 3.05) is 38.2 Å². The number of piperazine rings is 1. The zero-order valence-electron chi connectivity index (χ0n) is 15.0. The van der Waals surface area contributed by atoms with E-state index in [1.165, 1.54) is 0 Å². The molecule has 6 nitrogen and oxygen atoms in total. The molecule has 0 radical (unpaired) electrons.